The van der Waals surface area contributed by atoms with Gasteiger partial charge in [0.15, 0.2) is 0 Å². The zero-order valence-corrected chi connectivity index (χ0v) is 11.1. The Morgan fingerprint density at radius 3 is 2.72 bits per heavy atom. The van der Waals surface area contributed by atoms with Crippen LogP contribution in [-0.2, 0) is 4.79 Å². The first kappa shape index (κ1) is 14.3. The summed E-state index contributed by atoms with van der Waals surface area (Å²) in [6, 6.07) is 0. The molecule has 1 amide bonds. The van der Waals surface area contributed by atoms with E-state index in [4.69, 9.17) is 18.0 Å². The number of nitrogens with one attached hydrogen (secondary N) is 2. The van der Waals surface area contributed by atoms with E-state index >= 15 is 0 Å². The highest BCUT2D eigenvalue weighted by Crippen LogP contribution is 2.00. The molecule has 4 N–H and O–H groups in total. The number of carbonyl (C=O) groups is 1. The summed E-state index contributed by atoms with van der Waals surface area (Å²) in [7, 11) is 0. The summed E-state index contributed by atoms with van der Waals surface area (Å²) in [6.45, 7) is 3.23. The molecule has 0 bridgehead atoms. The fourth-order valence-corrected chi connectivity index (χ4v) is 1.31. The lowest BCUT2D eigenvalue weighted by Gasteiger charge is -2.06. The van der Waals surface area contributed by atoms with Crippen molar-refractivity contribution in [3.8, 4) is 0 Å². The number of rotatable bonds is 7. The van der Waals surface area contributed by atoms with Crippen LogP contribution in [-0.4, -0.2) is 34.0 Å². The standard InChI is InChI=1S/C11H17N5OS/c1-2-4-14-10(17)3-5-13-9-7-15-8(6-16-9)11(12)18/h6-7H,2-5H2,1H3,(H2,12,18)(H,13,16)(H,14,17). The highest BCUT2D eigenvalue weighted by molar-refractivity contribution is 7.80. The largest absolute Gasteiger partial charge is 0.388 e. The third-order valence-electron chi connectivity index (χ3n) is 2.13. The van der Waals surface area contributed by atoms with Crippen LogP contribution in [0, 0.1) is 0 Å². The summed E-state index contributed by atoms with van der Waals surface area (Å²) < 4.78 is 0. The number of thiocarbonyl (C=S) groups is 1. The molecule has 0 atom stereocenters. The molecular formula is C11H17N5OS. The third-order valence-corrected chi connectivity index (χ3v) is 2.34. The van der Waals surface area contributed by atoms with Crippen LogP contribution in [0.3, 0.4) is 0 Å². The molecule has 6 nitrogen and oxygen atoms in total. The molecule has 1 rings (SSSR count). The molecule has 0 fully saturated rings. The first-order valence-corrected chi connectivity index (χ1v) is 6.16. The molecule has 0 aliphatic carbocycles. The molecule has 0 aliphatic heterocycles. The fraction of sp³-hybridized carbons (Fsp3) is 0.455. The maximum atomic E-state index is 11.3. The van der Waals surface area contributed by atoms with E-state index in [9.17, 15) is 4.79 Å². The minimum absolute atomic E-state index is 0.0251. The van der Waals surface area contributed by atoms with Gasteiger partial charge >= 0.3 is 0 Å². The van der Waals surface area contributed by atoms with Gasteiger partial charge in [-0.25, -0.2) is 9.97 Å². The van der Waals surface area contributed by atoms with Crippen molar-refractivity contribution in [2.75, 3.05) is 18.4 Å². The normalized spacial score (nSPS) is 9.83. The van der Waals surface area contributed by atoms with Crippen molar-refractivity contribution in [3.63, 3.8) is 0 Å². The molecule has 0 aromatic carbocycles. The monoisotopic (exact) mass is 267 g/mol. The Morgan fingerprint density at radius 2 is 2.17 bits per heavy atom. The molecule has 7 heteroatoms. The highest BCUT2D eigenvalue weighted by atomic mass is 32.1. The summed E-state index contributed by atoms with van der Waals surface area (Å²) in [5, 5.41) is 5.79. The average molecular weight is 267 g/mol. The molecule has 0 unspecified atom stereocenters. The minimum Gasteiger partial charge on any atom is -0.388 e. The molecule has 1 aromatic rings. The van der Waals surface area contributed by atoms with E-state index in [1.807, 2.05) is 6.92 Å². The lowest BCUT2D eigenvalue weighted by atomic mass is 10.3. The van der Waals surface area contributed by atoms with E-state index in [2.05, 4.69) is 20.6 Å². The number of amides is 1. The van der Waals surface area contributed by atoms with Gasteiger partial charge in [0, 0.05) is 19.5 Å². The number of aromatic nitrogens is 2. The SMILES string of the molecule is CCCNC(=O)CCNc1cnc(C(N)=S)cn1. The van der Waals surface area contributed by atoms with Gasteiger partial charge in [-0.3, -0.25) is 4.79 Å². The van der Waals surface area contributed by atoms with Crippen molar-refractivity contribution in [1.82, 2.24) is 15.3 Å². The predicted octanol–water partition coefficient (Wildman–Crippen LogP) is 0.439. The molecule has 18 heavy (non-hydrogen) atoms. The Bertz CT molecular complexity index is 406. The quantitative estimate of drug-likeness (QED) is 0.621. The molecule has 0 radical (unpaired) electrons. The Kier molecular flexibility index (Phi) is 5.99. The molecular weight excluding hydrogens is 250 g/mol. The topological polar surface area (TPSA) is 92.9 Å². The second kappa shape index (κ2) is 7.54. The van der Waals surface area contributed by atoms with Crippen LogP contribution in [0.4, 0.5) is 5.82 Å². The van der Waals surface area contributed by atoms with Crippen molar-refractivity contribution in [1.29, 1.82) is 0 Å². The molecule has 0 aliphatic rings. The van der Waals surface area contributed by atoms with Crippen molar-refractivity contribution >= 4 is 28.9 Å². The second-order valence-electron chi connectivity index (χ2n) is 3.68. The molecule has 0 saturated heterocycles. The molecule has 1 heterocycles. The number of nitrogens with two attached hydrogens (primary N) is 1. The predicted molar refractivity (Wildman–Crippen MR) is 74.3 cm³/mol. The maximum absolute atomic E-state index is 11.3. The fourth-order valence-electron chi connectivity index (χ4n) is 1.20. The van der Waals surface area contributed by atoms with Crippen LogP contribution in [0.1, 0.15) is 25.5 Å². The maximum Gasteiger partial charge on any atom is 0.221 e. The Labute approximate surface area is 111 Å². The van der Waals surface area contributed by atoms with Crippen LogP contribution in [0.2, 0.25) is 0 Å². The Balaban J connectivity index is 2.31. The van der Waals surface area contributed by atoms with Crippen LogP contribution in [0.5, 0.6) is 0 Å². The molecule has 1 aromatic heterocycles. The summed E-state index contributed by atoms with van der Waals surface area (Å²) >= 11 is 4.77. The highest BCUT2D eigenvalue weighted by Gasteiger charge is 2.02. The number of nitrogens with zero attached hydrogens (tertiary/aromatic N) is 2. The molecule has 0 spiro atoms. The van der Waals surface area contributed by atoms with E-state index < -0.39 is 0 Å². The van der Waals surface area contributed by atoms with Gasteiger partial charge in [0.25, 0.3) is 0 Å². The molecule has 0 saturated carbocycles. The smallest absolute Gasteiger partial charge is 0.221 e. The van der Waals surface area contributed by atoms with Gasteiger partial charge in [0.1, 0.15) is 16.5 Å². The number of anilines is 1. The first-order chi connectivity index (χ1) is 8.63. The van der Waals surface area contributed by atoms with Gasteiger partial charge in [-0.15, -0.1) is 0 Å². The van der Waals surface area contributed by atoms with E-state index in [1.54, 1.807) is 6.20 Å². The second-order valence-corrected chi connectivity index (χ2v) is 4.12. The minimum atomic E-state index is 0.0251. The van der Waals surface area contributed by atoms with Gasteiger partial charge in [0.2, 0.25) is 5.91 Å². The van der Waals surface area contributed by atoms with E-state index in [0.717, 1.165) is 6.42 Å². The van der Waals surface area contributed by atoms with E-state index in [0.29, 0.717) is 31.0 Å². The summed E-state index contributed by atoms with van der Waals surface area (Å²) in [4.78, 5) is 19.7. The van der Waals surface area contributed by atoms with Crippen molar-refractivity contribution < 1.29 is 4.79 Å². The number of hydrogen-bond donors (Lipinski definition) is 3. The Hall–Kier alpha value is -1.76. The van der Waals surface area contributed by atoms with Gasteiger partial charge in [-0.1, -0.05) is 19.1 Å². The van der Waals surface area contributed by atoms with Crippen LogP contribution >= 0.6 is 12.2 Å². The van der Waals surface area contributed by atoms with Gasteiger partial charge in [-0.05, 0) is 6.42 Å². The lowest BCUT2D eigenvalue weighted by Crippen LogP contribution is -2.26. The zero-order chi connectivity index (χ0) is 13.4. The molecule has 98 valence electrons. The third kappa shape index (κ3) is 5.05. The Morgan fingerprint density at radius 1 is 1.39 bits per heavy atom. The van der Waals surface area contributed by atoms with Crippen molar-refractivity contribution in [2.24, 2.45) is 5.73 Å². The van der Waals surface area contributed by atoms with E-state index in [1.165, 1.54) is 6.20 Å². The van der Waals surface area contributed by atoms with Gasteiger partial charge < -0.3 is 16.4 Å². The van der Waals surface area contributed by atoms with Crippen LogP contribution in [0.25, 0.3) is 0 Å². The number of carbonyl (C=O) groups excluding carboxylic acids is 1. The lowest BCUT2D eigenvalue weighted by molar-refractivity contribution is -0.120. The van der Waals surface area contributed by atoms with Gasteiger partial charge in [0.05, 0.1) is 12.4 Å². The van der Waals surface area contributed by atoms with Crippen molar-refractivity contribution in [3.05, 3.63) is 18.1 Å². The zero-order valence-electron chi connectivity index (χ0n) is 10.3. The van der Waals surface area contributed by atoms with Gasteiger partial charge in [-0.2, -0.15) is 0 Å². The van der Waals surface area contributed by atoms with Crippen LogP contribution < -0.4 is 16.4 Å². The average Bonchev–Trinajstić information content (AvgIpc) is 2.37. The summed E-state index contributed by atoms with van der Waals surface area (Å²) in [5.41, 5.74) is 5.89. The number of hydrogen-bond acceptors (Lipinski definition) is 5. The summed E-state index contributed by atoms with van der Waals surface area (Å²) in [6.07, 6.45) is 4.38. The summed E-state index contributed by atoms with van der Waals surface area (Å²) in [5.74, 6) is 0.621. The first-order valence-electron chi connectivity index (χ1n) is 5.76. The van der Waals surface area contributed by atoms with Crippen LogP contribution in [0.15, 0.2) is 12.4 Å². The van der Waals surface area contributed by atoms with Crippen molar-refractivity contribution in [2.45, 2.75) is 19.8 Å². The van der Waals surface area contributed by atoms with E-state index in [-0.39, 0.29) is 10.9 Å².